The molecule has 0 aromatic heterocycles. The summed E-state index contributed by atoms with van der Waals surface area (Å²) in [6.07, 6.45) is 0. The van der Waals surface area contributed by atoms with Crippen molar-refractivity contribution < 1.29 is 23.5 Å². The van der Waals surface area contributed by atoms with Crippen molar-refractivity contribution >= 4 is 23.6 Å². The van der Waals surface area contributed by atoms with Crippen LogP contribution >= 0.6 is 11.8 Å². The molecule has 0 radical (unpaired) electrons. The molecule has 1 aliphatic rings. The van der Waals surface area contributed by atoms with Gasteiger partial charge in [-0.3, -0.25) is 9.59 Å². The molecule has 2 atom stereocenters. The Hall–Kier alpha value is -3.52. The second kappa shape index (κ2) is 10.6. The minimum Gasteiger partial charge on any atom is -0.497 e. The van der Waals surface area contributed by atoms with Crippen LogP contribution in [-0.4, -0.2) is 42.7 Å². The van der Waals surface area contributed by atoms with Crippen LogP contribution < -0.4 is 14.8 Å². The first-order valence-electron chi connectivity index (χ1n) is 10.7. The first kappa shape index (κ1) is 23.6. The van der Waals surface area contributed by atoms with Gasteiger partial charge in [0, 0.05) is 23.9 Å². The number of carbonyl (C=O) groups excluding carboxylic acids is 2. The largest absolute Gasteiger partial charge is 0.497 e. The van der Waals surface area contributed by atoms with Crippen LogP contribution in [0.4, 0.5) is 4.39 Å². The average molecular weight is 481 g/mol. The van der Waals surface area contributed by atoms with Crippen molar-refractivity contribution in [3.05, 3.63) is 95.3 Å². The minimum atomic E-state index is -0.680. The van der Waals surface area contributed by atoms with Gasteiger partial charge in [0.25, 0.3) is 5.91 Å². The number of nitrogens with zero attached hydrogens (tertiary/aromatic N) is 1. The summed E-state index contributed by atoms with van der Waals surface area (Å²) in [5.41, 5.74) is 2.08. The lowest BCUT2D eigenvalue weighted by atomic mass is 10.1. The molecule has 0 saturated carbocycles. The zero-order valence-corrected chi connectivity index (χ0v) is 19.7. The number of nitrogens with one attached hydrogen (secondary N) is 1. The molecule has 0 aliphatic carbocycles. The molecular weight excluding hydrogens is 455 g/mol. The van der Waals surface area contributed by atoms with Crippen LogP contribution in [0.5, 0.6) is 11.5 Å². The fourth-order valence-electron chi connectivity index (χ4n) is 3.82. The molecule has 34 heavy (non-hydrogen) atoms. The lowest BCUT2D eigenvalue weighted by molar-refractivity contribution is -0.125. The van der Waals surface area contributed by atoms with Crippen LogP contribution in [0.1, 0.15) is 26.9 Å². The molecule has 1 N–H and O–H groups in total. The molecule has 1 aliphatic heterocycles. The average Bonchev–Trinajstić information content (AvgIpc) is 3.33. The fraction of sp³-hybridized carbons (Fsp3) is 0.231. The SMILES string of the molecule is COc1cc(OC)cc(C(=O)N2[C@H](C(=O)NCc3ccc(F)cc3)CS[C@H]2c2ccccc2)c1. The first-order chi connectivity index (χ1) is 16.5. The highest BCUT2D eigenvalue weighted by Gasteiger charge is 2.42. The van der Waals surface area contributed by atoms with Crippen LogP contribution in [0.2, 0.25) is 0 Å². The Bertz CT molecular complexity index is 1130. The third-order valence-electron chi connectivity index (χ3n) is 5.60. The summed E-state index contributed by atoms with van der Waals surface area (Å²) in [4.78, 5) is 28.6. The van der Waals surface area contributed by atoms with Gasteiger partial charge < -0.3 is 19.7 Å². The predicted octanol–water partition coefficient (Wildman–Crippen LogP) is 4.42. The maximum absolute atomic E-state index is 13.8. The number of thioether (sulfide) groups is 1. The van der Waals surface area contributed by atoms with Gasteiger partial charge in [0.2, 0.25) is 5.91 Å². The summed E-state index contributed by atoms with van der Waals surface area (Å²) in [6.45, 7) is 0.241. The maximum atomic E-state index is 13.8. The van der Waals surface area contributed by atoms with Gasteiger partial charge in [0.1, 0.15) is 28.7 Å². The van der Waals surface area contributed by atoms with E-state index in [9.17, 15) is 14.0 Å². The number of methoxy groups -OCH3 is 2. The highest BCUT2D eigenvalue weighted by molar-refractivity contribution is 7.99. The lowest BCUT2D eigenvalue weighted by Gasteiger charge is -2.29. The fourth-order valence-corrected chi connectivity index (χ4v) is 5.25. The van der Waals surface area contributed by atoms with Crippen LogP contribution in [0, 0.1) is 5.82 Å². The maximum Gasteiger partial charge on any atom is 0.256 e. The van der Waals surface area contributed by atoms with E-state index in [0.29, 0.717) is 22.8 Å². The van der Waals surface area contributed by atoms with E-state index >= 15 is 0 Å². The van der Waals surface area contributed by atoms with E-state index in [2.05, 4.69) is 5.32 Å². The normalized spacial score (nSPS) is 17.3. The summed E-state index contributed by atoms with van der Waals surface area (Å²) >= 11 is 1.54. The van der Waals surface area contributed by atoms with E-state index in [0.717, 1.165) is 11.1 Å². The summed E-state index contributed by atoms with van der Waals surface area (Å²) in [5, 5.41) is 2.57. The van der Waals surface area contributed by atoms with E-state index in [1.807, 2.05) is 30.3 Å². The van der Waals surface area contributed by atoms with Gasteiger partial charge in [-0.1, -0.05) is 42.5 Å². The second-order valence-corrected chi connectivity index (χ2v) is 8.88. The molecule has 0 unspecified atom stereocenters. The Morgan fingerprint density at radius 3 is 2.26 bits per heavy atom. The van der Waals surface area contributed by atoms with Gasteiger partial charge in [-0.25, -0.2) is 4.39 Å². The molecular formula is C26H25FN2O4S. The van der Waals surface area contributed by atoms with Gasteiger partial charge in [-0.15, -0.1) is 11.8 Å². The molecule has 176 valence electrons. The molecule has 2 amide bonds. The zero-order valence-electron chi connectivity index (χ0n) is 18.9. The van der Waals surface area contributed by atoms with Crippen molar-refractivity contribution in [2.24, 2.45) is 0 Å². The molecule has 4 rings (SSSR count). The van der Waals surface area contributed by atoms with E-state index in [1.54, 1.807) is 35.2 Å². The second-order valence-electron chi connectivity index (χ2n) is 7.77. The summed E-state index contributed by atoms with van der Waals surface area (Å²) in [6, 6.07) is 19.9. The van der Waals surface area contributed by atoms with Crippen LogP contribution in [0.25, 0.3) is 0 Å². The highest BCUT2D eigenvalue weighted by atomic mass is 32.2. The van der Waals surface area contributed by atoms with Crippen LogP contribution in [0.15, 0.2) is 72.8 Å². The molecule has 0 bridgehead atoms. The third kappa shape index (κ3) is 5.17. The summed E-state index contributed by atoms with van der Waals surface area (Å²) in [7, 11) is 3.04. The number of hydrogen-bond acceptors (Lipinski definition) is 5. The number of amides is 2. The van der Waals surface area contributed by atoms with Gasteiger partial charge in [-0.2, -0.15) is 0 Å². The van der Waals surface area contributed by atoms with Gasteiger partial charge >= 0.3 is 0 Å². The number of benzene rings is 3. The molecule has 3 aromatic carbocycles. The van der Waals surface area contributed by atoms with Crippen molar-refractivity contribution in [1.29, 1.82) is 0 Å². The van der Waals surface area contributed by atoms with Crippen molar-refractivity contribution in [2.75, 3.05) is 20.0 Å². The van der Waals surface area contributed by atoms with E-state index < -0.39 is 6.04 Å². The Kier molecular flexibility index (Phi) is 7.37. The van der Waals surface area contributed by atoms with Gasteiger partial charge in [0.05, 0.1) is 14.2 Å². The Labute approximate surface area is 202 Å². The zero-order chi connectivity index (χ0) is 24.1. The lowest BCUT2D eigenvalue weighted by Crippen LogP contribution is -2.47. The predicted molar refractivity (Wildman–Crippen MR) is 129 cm³/mol. The number of halogens is 1. The molecule has 1 heterocycles. The minimum absolute atomic E-state index is 0.241. The quantitative estimate of drug-likeness (QED) is 0.543. The molecule has 3 aromatic rings. The monoisotopic (exact) mass is 480 g/mol. The van der Waals surface area contributed by atoms with Gasteiger partial charge in [0.15, 0.2) is 0 Å². The van der Waals surface area contributed by atoms with E-state index in [-0.39, 0.29) is 29.6 Å². The van der Waals surface area contributed by atoms with Crippen molar-refractivity contribution in [1.82, 2.24) is 10.2 Å². The van der Waals surface area contributed by atoms with Crippen molar-refractivity contribution in [2.45, 2.75) is 18.0 Å². The molecule has 1 saturated heterocycles. The Morgan fingerprint density at radius 2 is 1.65 bits per heavy atom. The van der Waals surface area contributed by atoms with Gasteiger partial charge in [-0.05, 0) is 35.4 Å². The Balaban J connectivity index is 1.62. The molecule has 6 nitrogen and oxygen atoms in total. The summed E-state index contributed by atoms with van der Waals surface area (Å²) in [5.74, 6) is 0.530. The van der Waals surface area contributed by atoms with E-state index in [1.165, 1.54) is 38.1 Å². The Morgan fingerprint density at radius 1 is 1.00 bits per heavy atom. The molecule has 0 spiro atoms. The van der Waals surface area contributed by atoms with Crippen LogP contribution in [-0.2, 0) is 11.3 Å². The van der Waals surface area contributed by atoms with E-state index in [4.69, 9.17) is 9.47 Å². The molecule has 1 fully saturated rings. The topological polar surface area (TPSA) is 67.9 Å². The first-order valence-corrected chi connectivity index (χ1v) is 11.8. The number of rotatable bonds is 7. The number of ether oxygens (including phenoxy) is 2. The van der Waals surface area contributed by atoms with Crippen LogP contribution in [0.3, 0.4) is 0 Å². The summed E-state index contributed by atoms with van der Waals surface area (Å²) < 4.78 is 23.9. The molecule has 8 heteroatoms. The van der Waals surface area contributed by atoms with Crippen molar-refractivity contribution in [3.8, 4) is 11.5 Å². The van der Waals surface area contributed by atoms with Crippen molar-refractivity contribution in [3.63, 3.8) is 0 Å². The number of carbonyl (C=O) groups is 2. The standard InChI is InChI=1S/C26H25FN2O4S/c1-32-21-12-19(13-22(14-21)33-2)25(31)29-23(16-34-26(29)18-6-4-3-5-7-18)24(30)28-15-17-8-10-20(27)11-9-17/h3-14,23,26H,15-16H2,1-2H3,(H,28,30)/t23-,26-/m0/s1. The smallest absolute Gasteiger partial charge is 0.256 e. The third-order valence-corrected chi connectivity index (χ3v) is 6.92. The number of hydrogen-bond donors (Lipinski definition) is 1. The highest BCUT2D eigenvalue weighted by Crippen LogP contribution is 2.42.